The Morgan fingerprint density at radius 1 is 1.33 bits per heavy atom. The van der Waals surface area contributed by atoms with E-state index in [-0.39, 0.29) is 0 Å². The molecule has 1 aromatic rings. The Bertz CT molecular complexity index is 352. The summed E-state index contributed by atoms with van der Waals surface area (Å²) < 4.78 is 0. The zero-order valence-electron chi connectivity index (χ0n) is 6.88. The molecule has 0 bridgehead atoms. The molecule has 0 amide bonds. The molecule has 0 radical (unpaired) electrons. The van der Waals surface area contributed by atoms with Gasteiger partial charge in [-0.15, -0.1) is 0 Å². The normalized spacial score (nSPS) is 23.5. The number of benzene rings is 1. The maximum absolute atomic E-state index is 3.43. The molecule has 1 heteroatoms. The third kappa shape index (κ3) is 0.685. The largest absolute Gasteiger partial charge is 0.384 e. The highest BCUT2D eigenvalue weighted by Gasteiger charge is 2.24. The number of hydrogen-bond acceptors (Lipinski definition) is 1. The fourth-order valence-electron chi connectivity index (χ4n) is 2.23. The fourth-order valence-corrected chi connectivity index (χ4v) is 2.23. The molecule has 2 aliphatic rings. The van der Waals surface area contributed by atoms with Crippen molar-refractivity contribution in [2.45, 2.75) is 12.3 Å². The first-order valence-electron chi connectivity index (χ1n) is 4.47. The molecule has 1 nitrogen and oxygen atoms in total. The van der Waals surface area contributed by atoms with Gasteiger partial charge in [0.25, 0.3) is 0 Å². The van der Waals surface area contributed by atoms with Crippen molar-refractivity contribution < 1.29 is 0 Å². The maximum atomic E-state index is 3.43. The minimum absolute atomic E-state index is 0.643. The molecular weight excluding hydrogens is 146 g/mol. The van der Waals surface area contributed by atoms with Crippen LogP contribution in [0, 0.1) is 0 Å². The molecule has 60 valence electrons. The van der Waals surface area contributed by atoms with Crippen LogP contribution in [0.1, 0.15) is 17.0 Å². The monoisotopic (exact) mass is 157 g/mol. The minimum atomic E-state index is 0.643. The van der Waals surface area contributed by atoms with E-state index in [0.717, 1.165) is 13.0 Å². The standard InChI is InChI=1S/C11H11N/c1-3-8-4-2-6-10-11(8)9(5-1)7-12-10/h1-2,4-6,9,12H,3,7H2. The van der Waals surface area contributed by atoms with Crippen molar-refractivity contribution in [3.05, 3.63) is 41.5 Å². The zero-order valence-corrected chi connectivity index (χ0v) is 6.88. The highest BCUT2D eigenvalue weighted by molar-refractivity contribution is 5.63. The van der Waals surface area contributed by atoms with Crippen molar-refractivity contribution in [3.8, 4) is 0 Å². The van der Waals surface area contributed by atoms with E-state index in [1.54, 1.807) is 5.56 Å². The van der Waals surface area contributed by atoms with Gasteiger partial charge >= 0.3 is 0 Å². The predicted octanol–water partition coefficient (Wildman–Crippen LogP) is 2.31. The lowest BCUT2D eigenvalue weighted by atomic mass is 9.89. The summed E-state index contributed by atoms with van der Waals surface area (Å²) in [4.78, 5) is 0. The van der Waals surface area contributed by atoms with E-state index < -0.39 is 0 Å². The molecule has 1 unspecified atom stereocenters. The SMILES string of the molecule is C1=CC2CNc3cccc(c32)C1. The number of hydrogen-bond donors (Lipinski definition) is 1. The lowest BCUT2D eigenvalue weighted by Gasteiger charge is -2.14. The minimum Gasteiger partial charge on any atom is -0.384 e. The lowest BCUT2D eigenvalue weighted by Crippen LogP contribution is -2.03. The van der Waals surface area contributed by atoms with E-state index in [1.165, 1.54) is 11.3 Å². The first-order valence-corrected chi connectivity index (χ1v) is 4.47. The molecule has 1 aromatic carbocycles. The Kier molecular flexibility index (Phi) is 1.12. The van der Waals surface area contributed by atoms with Crippen LogP contribution in [0.3, 0.4) is 0 Å². The molecule has 1 heterocycles. The van der Waals surface area contributed by atoms with Gasteiger partial charge in [-0.3, -0.25) is 0 Å². The van der Waals surface area contributed by atoms with E-state index in [1.807, 2.05) is 0 Å². The van der Waals surface area contributed by atoms with Crippen LogP contribution in [-0.2, 0) is 6.42 Å². The van der Waals surface area contributed by atoms with Crippen LogP contribution in [0.25, 0.3) is 0 Å². The molecule has 0 saturated carbocycles. The van der Waals surface area contributed by atoms with Crippen molar-refractivity contribution in [2.24, 2.45) is 0 Å². The third-order valence-electron chi connectivity index (χ3n) is 2.79. The Morgan fingerprint density at radius 2 is 2.33 bits per heavy atom. The average molecular weight is 157 g/mol. The maximum Gasteiger partial charge on any atom is 0.0382 e. The molecule has 12 heavy (non-hydrogen) atoms. The second kappa shape index (κ2) is 2.13. The first-order chi connectivity index (χ1) is 5.95. The van der Waals surface area contributed by atoms with Crippen molar-refractivity contribution >= 4 is 5.69 Å². The molecular formula is C11H11N. The second-order valence-electron chi connectivity index (χ2n) is 3.50. The Morgan fingerprint density at radius 3 is 3.33 bits per heavy atom. The fraction of sp³-hybridized carbons (Fsp3) is 0.273. The highest BCUT2D eigenvalue weighted by Crippen LogP contribution is 2.37. The lowest BCUT2D eigenvalue weighted by molar-refractivity contribution is 0.904. The third-order valence-corrected chi connectivity index (χ3v) is 2.79. The Balaban J connectivity index is 2.28. The summed E-state index contributed by atoms with van der Waals surface area (Å²) in [5.74, 6) is 0.643. The van der Waals surface area contributed by atoms with Gasteiger partial charge in [0.1, 0.15) is 0 Å². The van der Waals surface area contributed by atoms with Gasteiger partial charge in [-0.2, -0.15) is 0 Å². The Labute approximate surface area is 72.1 Å². The molecule has 0 fully saturated rings. The number of allylic oxidation sites excluding steroid dienone is 1. The van der Waals surface area contributed by atoms with Crippen molar-refractivity contribution in [2.75, 3.05) is 11.9 Å². The van der Waals surface area contributed by atoms with Crippen LogP contribution in [-0.4, -0.2) is 6.54 Å². The number of nitrogens with one attached hydrogen (secondary N) is 1. The van der Waals surface area contributed by atoms with Gasteiger partial charge in [0.15, 0.2) is 0 Å². The molecule has 0 spiro atoms. The van der Waals surface area contributed by atoms with Gasteiger partial charge in [0, 0.05) is 18.2 Å². The van der Waals surface area contributed by atoms with Crippen LogP contribution >= 0.6 is 0 Å². The topological polar surface area (TPSA) is 12.0 Å². The van der Waals surface area contributed by atoms with E-state index >= 15 is 0 Å². The van der Waals surface area contributed by atoms with E-state index in [9.17, 15) is 0 Å². The van der Waals surface area contributed by atoms with Crippen LogP contribution in [0.2, 0.25) is 0 Å². The molecule has 0 aromatic heterocycles. The van der Waals surface area contributed by atoms with E-state index in [4.69, 9.17) is 0 Å². The summed E-state index contributed by atoms with van der Waals surface area (Å²) >= 11 is 0. The molecule has 3 rings (SSSR count). The van der Waals surface area contributed by atoms with Crippen LogP contribution in [0.5, 0.6) is 0 Å². The molecule has 1 N–H and O–H groups in total. The first kappa shape index (κ1) is 6.30. The van der Waals surface area contributed by atoms with Crippen LogP contribution < -0.4 is 5.32 Å². The van der Waals surface area contributed by atoms with E-state index in [2.05, 4.69) is 35.7 Å². The summed E-state index contributed by atoms with van der Waals surface area (Å²) in [5.41, 5.74) is 4.40. The summed E-state index contributed by atoms with van der Waals surface area (Å²) in [6.07, 6.45) is 5.72. The van der Waals surface area contributed by atoms with E-state index in [0.29, 0.717) is 5.92 Å². The molecule has 1 atom stereocenters. The summed E-state index contributed by atoms with van der Waals surface area (Å²) in [6, 6.07) is 6.56. The zero-order chi connectivity index (χ0) is 7.97. The Hall–Kier alpha value is -1.24. The second-order valence-corrected chi connectivity index (χ2v) is 3.50. The molecule has 1 aliphatic carbocycles. The van der Waals surface area contributed by atoms with Gasteiger partial charge in [-0.25, -0.2) is 0 Å². The summed E-state index contributed by atoms with van der Waals surface area (Å²) in [7, 11) is 0. The molecule has 1 aliphatic heterocycles. The van der Waals surface area contributed by atoms with Crippen molar-refractivity contribution in [1.82, 2.24) is 0 Å². The van der Waals surface area contributed by atoms with Gasteiger partial charge in [0.2, 0.25) is 0 Å². The van der Waals surface area contributed by atoms with Crippen LogP contribution in [0.4, 0.5) is 5.69 Å². The van der Waals surface area contributed by atoms with Gasteiger partial charge in [-0.1, -0.05) is 24.3 Å². The smallest absolute Gasteiger partial charge is 0.0382 e. The quantitative estimate of drug-likeness (QED) is 0.570. The van der Waals surface area contributed by atoms with Crippen LogP contribution in [0.15, 0.2) is 30.4 Å². The van der Waals surface area contributed by atoms with Crippen molar-refractivity contribution in [3.63, 3.8) is 0 Å². The van der Waals surface area contributed by atoms with Gasteiger partial charge < -0.3 is 5.32 Å². The summed E-state index contributed by atoms with van der Waals surface area (Å²) in [6.45, 7) is 1.09. The summed E-state index contributed by atoms with van der Waals surface area (Å²) in [5, 5.41) is 3.43. The molecule has 0 saturated heterocycles. The van der Waals surface area contributed by atoms with Gasteiger partial charge in [0.05, 0.1) is 0 Å². The van der Waals surface area contributed by atoms with Gasteiger partial charge in [-0.05, 0) is 23.6 Å². The number of rotatable bonds is 0. The number of anilines is 1. The van der Waals surface area contributed by atoms with Crippen molar-refractivity contribution in [1.29, 1.82) is 0 Å². The average Bonchev–Trinajstić information content (AvgIpc) is 2.52. The highest BCUT2D eigenvalue weighted by atomic mass is 14.9. The predicted molar refractivity (Wildman–Crippen MR) is 50.5 cm³/mol.